The van der Waals surface area contributed by atoms with Gasteiger partial charge in [-0.05, 0) is 50.4 Å². The van der Waals surface area contributed by atoms with Crippen LogP contribution in [0.2, 0.25) is 5.28 Å². The lowest BCUT2D eigenvalue weighted by atomic mass is 10.1. The molecule has 0 saturated heterocycles. The number of benzene rings is 1. The first kappa shape index (κ1) is 18.9. The highest BCUT2D eigenvalue weighted by Gasteiger charge is 2.29. The van der Waals surface area contributed by atoms with Gasteiger partial charge in [0, 0.05) is 7.05 Å². The Bertz CT molecular complexity index is 748. The summed E-state index contributed by atoms with van der Waals surface area (Å²) in [5, 5.41) is 2.89. The van der Waals surface area contributed by atoms with E-state index in [2.05, 4.69) is 20.3 Å². The lowest BCUT2D eigenvalue weighted by Crippen LogP contribution is -2.39. The first-order chi connectivity index (χ1) is 11.9. The molecule has 0 aliphatic heterocycles. The summed E-state index contributed by atoms with van der Waals surface area (Å²) in [4.78, 5) is 26.7. The smallest absolute Gasteiger partial charge is 0.328 e. The monoisotopic (exact) mass is 363 g/mol. The van der Waals surface area contributed by atoms with Crippen molar-refractivity contribution in [2.24, 2.45) is 0 Å². The number of hydrogen-bond acceptors (Lipinski definition) is 7. The summed E-state index contributed by atoms with van der Waals surface area (Å²) in [6, 6.07) is 5.26. The molecular weight excluding hydrogens is 342 g/mol. The standard InChI is InChI=1S/C17H22ClN5O2/c1-6-25-14(24)12(4)23(13-10(2)8-7-9-11(13)3)17-21-15(18)20-16(19-5)22-17/h7-9,12H,6H2,1-5H3,(H,19,20,21,22). The molecule has 1 N–H and O–H groups in total. The van der Waals surface area contributed by atoms with Crippen LogP contribution < -0.4 is 10.2 Å². The zero-order valence-electron chi connectivity index (χ0n) is 15.0. The number of esters is 1. The summed E-state index contributed by atoms with van der Waals surface area (Å²) >= 11 is 6.04. The molecule has 1 unspecified atom stereocenters. The van der Waals surface area contributed by atoms with Crippen LogP contribution >= 0.6 is 11.6 Å². The Labute approximate surface area is 152 Å². The number of para-hydroxylation sites is 1. The van der Waals surface area contributed by atoms with Crippen molar-refractivity contribution in [3.8, 4) is 0 Å². The molecule has 1 aromatic carbocycles. The third kappa shape index (κ3) is 4.17. The van der Waals surface area contributed by atoms with Crippen molar-refractivity contribution in [1.82, 2.24) is 15.0 Å². The molecule has 0 amide bonds. The van der Waals surface area contributed by atoms with E-state index < -0.39 is 6.04 Å². The van der Waals surface area contributed by atoms with Crippen LogP contribution in [0, 0.1) is 13.8 Å². The summed E-state index contributed by atoms with van der Waals surface area (Å²) in [7, 11) is 1.69. The van der Waals surface area contributed by atoms with Gasteiger partial charge in [0.2, 0.25) is 17.2 Å². The molecule has 2 rings (SSSR count). The van der Waals surface area contributed by atoms with Crippen LogP contribution in [0.5, 0.6) is 0 Å². The maximum Gasteiger partial charge on any atom is 0.328 e. The van der Waals surface area contributed by atoms with Crippen LogP contribution in [-0.4, -0.2) is 40.6 Å². The normalized spacial score (nSPS) is 11.8. The number of rotatable bonds is 6. The average Bonchev–Trinajstić information content (AvgIpc) is 2.57. The quantitative estimate of drug-likeness (QED) is 0.789. The van der Waals surface area contributed by atoms with Gasteiger partial charge < -0.3 is 10.1 Å². The number of nitrogens with one attached hydrogen (secondary N) is 1. The van der Waals surface area contributed by atoms with Gasteiger partial charge in [0.25, 0.3) is 0 Å². The van der Waals surface area contributed by atoms with E-state index in [0.29, 0.717) is 12.6 Å². The summed E-state index contributed by atoms with van der Waals surface area (Å²) in [6.45, 7) is 7.75. The van der Waals surface area contributed by atoms with Crippen molar-refractivity contribution in [2.75, 3.05) is 23.9 Å². The molecule has 0 spiro atoms. The number of halogens is 1. The maximum absolute atomic E-state index is 12.4. The minimum atomic E-state index is -0.636. The van der Waals surface area contributed by atoms with Crippen molar-refractivity contribution >= 4 is 35.2 Å². The van der Waals surface area contributed by atoms with E-state index in [1.54, 1.807) is 25.8 Å². The van der Waals surface area contributed by atoms with Crippen molar-refractivity contribution in [1.29, 1.82) is 0 Å². The first-order valence-electron chi connectivity index (χ1n) is 8.00. The molecule has 0 saturated carbocycles. The fraction of sp³-hybridized carbons (Fsp3) is 0.412. The molecule has 134 valence electrons. The lowest BCUT2D eigenvalue weighted by Gasteiger charge is -2.30. The van der Waals surface area contributed by atoms with Gasteiger partial charge in [-0.1, -0.05) is 18.2 Å². The minimum Gasteiger partial charge on any atom is -0.464 e. The van der Waals surface area contributed by atoms with E-state index in [0.717, 1.165) is 16.8 Å². The van der Waals surface area contributed by atoms with Crippen molar-refractivity contribution in [3.63, 3.8) is 0 Å². The average molecular weight is 364 g/mol. The molecule has 25 heavy (non-hydrogen) atoms. The highest BCUT2D eigenvalue weighted by atomic mass is 35.5. The number of anilines is 3. The van der Waals surface area contributed by atoms with E-state index in [-0.39, 0.29) is 17.2 Å². The van der Waals surface area contributed by atoms with E-state index in [1.165, 1.54) is 0 Å². The molecule has 7 nitrogen and oxygen atoms in total. The summed E-state index contributed by atoms with van der Waals surface area (Å²) in [5.41, 5.74) is 2.81. The predicted octanol–water partition coefficient (Wildman–Crippen LogP) is 3.27. The van der Waals surface area contributed by atoms with Gasteiger partial charge in [-0.25, -0.2) is 4.79 Å². The first-order valence-corrected chi connectivity index (χ1v) is 8.38. The Balaban J connectivity index is 2.64. The second-order valence-electron chi connectivity index (χ2n) is 5.52. The number of aromatic nitrogens is 3. The number of ether oxygens (including phenoxy) is 1. The van der Waals surface area contributed by atoms with Gasteiger partial charge in [-0.2, -0.15) is 15.0 Å². The van der Waals surface area contributed by atoms with Crippen LogP contribution in [0.25, 0.3) is 0 Å². The van der Waals surface area contributed by atoms with Gasteiger partial charge >= 0.3 is 5.97 Å². The van der Waals surface area contributed by atoms with Gasteiger partial charge in [-0.3, -0.25) is 4.90 Å². The lowest BCUT2D eigenvalue weighted by molar-refractivity contribution is -0.144. The Morgan fingerprint density at radius 2 is 1.92 bits per heavy atom. The zero-order valence-corrected chi connectivity index (χ0v) is 15.8. The van der Waals surface area contributed by atoms with Crippen LogP contribution in [0.15, 0.2) is 18.2 Å². The third-order valence-electron chi connectivity index (χ3n) is 3.73. The third-order valence-corrected chi connectivity index (χ3v) is 3.90. The zero-order chi connectivity index (χ0) is 18.6. The van der Waals surface area contributed by atoms with Crippen molar-refractivity contribution in [3.05, 3.63) is 34.6 Å². The number of carbonyl (C=O) groups excluding carboxylic acids is 1. The largest absolute Gasteiger partial charge is 0.464 e. The molecule has 0 bridgehead atoms. The predicted molar refractivity (Wildman–Crippen MR) is 98.5 cm³/mol. The van der Waals surface area contributed by atoms with E-state index in [9.17, 15) is 4.79 Å². The molecule has 1 atom stereocenters. The summed E-state index contributed by atoms with van der Waals surface area (Å²) in [5.74, 6) is 0.234. The summed E-state index contributed by atoms with van der Waals surface area (Å²) < 4.78 is 5.19. The molecular formula is C17H22ClN5O2. The molecule has 0 fully saturated rings. The second kappa shape index (κ2) is 8.11. The van der Waals surface area contributed by atoms with Crippen LogP contribution in [0.3, 0.4) is 0 Å². The number of hydrogen-bond donors (Lipinski definition) is 1. The maximum atomic E-state index is 12.4. The molecule has 0 aliphatic carbocycles. The fourth-order valence-electron chi connectivity index (χ4n) is 2.58. The molecule has 1 aromatic heterocycles. The van der Waals surface area contributed by atoms with Crippen molar-refractivity contribution < 1.29 is 9.53 Å². The Morgan fingerprint density at radius 3 is 2.48 bits per heavy atom. The SMILES string of the molecule is CCOC(=O)C(C)N(c1nc(Cl)nc(NC)n1)c1c(C)cccc1C. The number of carbonyl (C=O) groups is 1. The van der Waals surface area contributed by atoms with Crippen LogP contribution in [-0.2, 0) is 9.53 Å². The van der Waals surface area contributed by atoms with Gasteiger partial charge in [0.05, 0.1) is 12.3 Å². The molecule has 2 aromatic rings. The number of nitrogens with zero attached hydrogens (tertiary/aromatic N) is 4. The Hall–Kier alpha value is -2.41. The molecule has 0 aliphatic rings. The van der Waals surface area contributed by atoms with Gasteiger partial charge in [0.15, 0.2) is 0 Å². The van der Waals surface area contributed by atoms with E-state index in [1.807, 2.05) is 32.0 Å². The highest BCUT2D eigenvalue weighted by Crippen LogP contribution is 2.32. The highest BCUT2D eigenvalue weighted by molar-refractivity contribution is 6.28. The van der Waals surface area contributed by atoms with Gasteiger partial charge in [-0.15, -0.1) is 0 Å². The Kier molecular flexibility index (Phi) is 6.14. The fourth-order valence-corrected chi connectivity index (χ4v) is 2.74. The minimum absolute atomic E-state index is 0.0432. The van der Waals surface area contributed by atoms with E-state index >= 15 is 0 Å². The van der Waals surface area contributed by atoms with Crippen LogP contribution in [0.1, 0.15) is 25.0 Å². The molecule has 8 heteroatoms. The molecule has 1 heterocycles. The number of aryl methyl sites for hydroxylation is 2. The van der Waals surface area contributed by atoms with Crippen molar-refractivity contribution in [2.45, 2.75) is 33.7 Å². The van der Waals surface area contributed by atoms with Crippen LogP contribution in [0.4, 0.5) is 17.6 Å². The second-order valence-corrected chi connectivity index (χ2v) is 5.85. The Morgan fingerprint density at radius 1 is 1.28 bits per heavy atom. The summed E-state index contributed by atoms with van der Waals surface area (Å²) in [6.07, 6.45) is 0. The van der Waals surface area contributed by atoms with E-state index in [4.69, 9.17) is 16.3 Å². The molecule has 0 radical (unpaired) electrons. The van der Waals surface area contributed by atoms with Gasteiger partial charge in [0.1, 0.15) is 6.04 Å². The topological polar surface area (TPSA) is 80.2 Å².